The van der Waals surface area contributed by atoms with Gasteiger partial charge in [0, 0.05) is 29.0 Å². The van der Waals surface area contributed by atoms with Crippen molar-refractivity contribution < 1.29 is 23.5 Å². The van der Waals surface area contributed by atoms with Crippen LogP contribution in [0.25, 0.3) is 11.0 Å². The fourth-order valence-corrected chi connectivity index (χ4v) is 2.74. The van der Waals surface area contributed by atoms with Crippen LogP contribution in [0.4, 0.5) is 0 Å². The number of hydrogen-bond donors (Lipinski definition) is 1. The third-order valence-electron chi connectivity index (χ3n) is 4.80. The summed E-state index contributed by atoms with van der Waals surface area (Å²) in [4.78, 5) is 36.1. The Morgan fingerprint density at radius 3 is 2.61 bits per heavy atom. The fraction of sp³-hybridized carbons (Fsp3) is 0.476. The van der Waals surface area contributed by atoms with Gasteiger partial charge in [-0.1, -0.05) is 6.92 Å². The highest BCUT2D eigenvalue weighted by molar-refractivity contribution is 5.83. The Balaban J connectivity index is 2.00. The van der Waals surface area contributed by atoms with Crippen molar-refractivity contribution in [2.24, 2.45) is 0 Å². The highest BCUT2D eigenvalue weighted by Crippen LogP contribution is 2.24. The topological polar surface area (TPSA) is 94.8 Å². The first-order valence-electron chi connectivity index (χ1n) is 9.24. The number of hydrogen-bond acceptors (Lipinski definition) is 6. The SMILES string of the molecule is CCC(C)(C)NC(=O)COC(=O)CCc1c(C)c2ccc(OC)cc2oc1=O. The second kappa shape index (κ2) is 8.91. The summed E-state index contributed by atoms with van der Waals surface area (Å²) in [6.45, 7) is 7.22. The molecule has 152 valence electrons. The van der Waals surface area contributed by atoms with Gasteiger partial charge in [0.1, 0.15) is 11.3 Å². The molecule has 0 fully saturated rings. The number of benzene rings is 1. The van der Waals surface area contributed by atoms with Crippen LogP contribution in [0.1, 0.15) is 44.7 Å². The summed E-state index contributed by atoms with van der Waals surface area (Å²) < 4.78 is 15.5. The molecule has 28 heavy (non-hydrogen) atoms. The molecule has 0 radical (unpaired) electrons. The van der Waals surface area contributed by atoms with Gasteiger partial charge in [0.25, 0.3) is 5.91 Å². The number of carbonyl (C=O) groups is 2. The molecule has 0 atom stereocenters. The monoisotopic (exact) mass is 389 g/mol. The van der Waals surface area contributed by atoms with Crippen molar-refractivity contribution in [2.75, 3.05) is 13.7 Å². The fourth-order valence-electron chi connectivity index (χ4n) is 2.74. The van der Waals surface area contributed by atoms with Gasteiger partial charge in [-0.15, -0.1) is 0 Å². The molecule has 0 aliphatic heterocycles. The number of amides is 1. The van der Waals surface area contributed by atoms with E-state index < -0.39 is 11.6 Å². The van der Waals surface area contributed by atoms with Crippen LogP contribution in [0.5, 0.6) is 5.75 Å². The molecule has 0 aliphatic carbocycles. The van der Waals surface area contributed by atoms with Crippen molar-refractivity contribution in [2.45, 2.75) is 52.5 Å². The van der Waals surface area contributed by atoms with Crippen LogP contribution >= 0.6 is 0 Å². The minimum atomic E-state index is -0.543. The molecule has 1 aromatic heterocycles. The van der Waals surface area contributed by atoms with E-state index in [0.717, 1.165) is 17.4 Å². The predicted molar refractivity (Wildman–Crippen MR) is 106 cm³/mol. The van der Waals surface area contributed by atoms with Gasteiger partial charge in [-0.2, -0.15) is 0 Å². The van der Waals surface area contributed by atoms with Crippen molar-refractivity contribution >= 4 is 22.8 Å². The first kappa shape index (κ1) is 21.5. The van der Waals surface area contributed by atoms with E-state index in [1.54, 1.807) is 12.1 Å². The normalized spacial score (nSPS) is 11.3. The second-order valence-corrected chi connectivity index (χ2v) is 7.30. The zero-order valence-corrected chi connectivity index (χ0v) is 17.0. The highest BCUT2D eigenvalue weighted by atomic mass is 16.5. The maximum absolute atomic E-state index is 12.3. The summed E-state index contributed by atoms with van der Waals surface area (Å²) in [7, 11) is 1.54. The average molecular weight is 389 g/mol. The third kappa shape index (κ3) is 5.34. The van der Waals surface area contributed by atoms with Crippen molar-refractivity contribution in [3.05, 3.63) is 39.7 Å². The first-order chi connectivity index (χ1) is 13.2. The number of fused-ring (bicyclic) bond motifs is 1. The van der Waals surface area contributed by atoms with Crippen LogP contribution in [0, 0.1) is 6.92 Å². The zero-order chi connectivity index (χ0) is 20.9. The molecule has 2 aromatic rings. The van der Waals surface area contributed by atoms with E-state index in [9.17, 15) is 14.4 Å². The van der Waals surface area contributed by atoms with Gasteiger partial charge in [-0.25, -0.2) is 4.79 Å². The van der Waals surface area contributed by atoms with E-state index in [1.807, 2.05) is 33.8 Å². The second-order valence-electron chi connectivity index (χ2n) is 7.30. The van der Waals surface area contributed by atoms with Crippen LogP contribution in [-0.4, -0.2) is 31.1 Å². The van der Waals surface area contributed by atoms with Crippen LogP contribution in [-0.2, 0) is 20.7 Å². The third-order valence-corrected chi connectivity index (χ3v) is 4.80. The Hall–Kier alpha value is -2.83. The van der Waals surface area contributed by atoms with E-state index in [4.69, 9.17) is 13.9 Å². The molecular formula is C21H27NO6. The molecule has 0 aliphatic rings. The molecular weight excluding hydrogens is 362 g/mol. The molecule has 1 N–H and O–H groups in total. The molecule has 0 bridgehead atoms. The van der Waals surface area contributed by atoms with Crippen LogP contribution in [0.2, 0.25) is 0 Å². The quantitative estimate of drug-likeness (QED) is 0.551. The zero-order valence-electron chi connectivity index (χ0n) is 17.0. The minimum absolute atomic E-state index is 0.0162. The van der Waals surface area contributed by atoms with Gasteiger partial charge in [-0.3, -0.25) is 9.59 Å². The first-order valence-corrected chi connectivity index (χ1v) is 9.24. The summed E-state index contributed by atoms with van der Waals surface area (Å²) >= 11 is 0. The predicted octanol–water partition coefficient (Wildman–Crippen LogP) is 2.89. The van der Waals surface area contributed by atoms with Gasteiger partial charge in [0.2, 0.25) is 0 Å². The highest BCUT2D eigenvalue weighted by Gasteiger charge is 2.19. The summed E-state index contributed by atoms with van der Waals surface area (Å²) in [6.07, 6.45) is 0.921. The standard InChI is InChI=1S/C21H27NO6/c1-6-21(3,4)22-18(23)12-27-19(24)10-9-16-13(2)15-8-7-14(26-5)11-17(15)28-20(16)25/h7-8,11H,6,9-10,12H2,1-5H3,(H,22,23). The number of aryl methyl sites for hydroxylation is 1. The van der Waals surface area contributed by atoms with Crippen molar-refractivity contribution in [1.82, 2.24) is 5.32 Å². The molecule has 1 aromatic carbocycles. The van der Waals surface area contributed by atoms with Crippen molar-refractivity contribution in [3.63, 3.8) is 0 Å². The maximum atomic E-state index is 12.3. The van der Waals surface area contributed by atoms with Crippen molar-refractivity contribution in [3.8, 4) is 5.75 Å². The molecule has 0 saturated heterocycles. The Kier molecular flexibility index (Phi) is 6.83. The number of methoxy groups -OCH3 is 1. The van der Waals surface area contributed by atoms with Gasteiger partial charge in [0.05, 0.1) is 7.11 Å². The smallest absolute Gasteiger partial charge is 0.339 e. The maximum Gasteiger partial charge on any atom is 0.339 e. The van der Waals surface area contributed by atoms with Crippen molar-refractivity contribution in [1.29, 1.82) is 0 Å². The molecule has 0 saturated carbocycles. The lowest BCUT2D eigenvalue weighted by Gasteiger charge is -2.24. The lowest BCUT2D eigenvalue weighted by atomic mass is 10.0. The van der Waals surface area contributed by atoms with E-state index in [1.165, 1.54) is 7.11 Å². The van der Waals surface area contributed by atoms with E-state index in [2.05, 4.69) is 5.32 Å². The lowest BCUT2D eigenvalue weighted by Crippen LogP contribution is -2.44. The molecule has 0 spiro atoms. The summed E-state index contributed by atoms with van der Waals surface area (Å²) in [5.41, 5.74) is 0.764. The molecule has 0 unspecified atom stereocenters. The van der Waals surface area contributed by atoms with Gasteiger partial charge in [-0.05, 0) is 51.3 Å². The molecule has 7 heteroatoms. The molecule has 7 nitrogen and oxygen atoms in total. The number of ether oxygens (including phenoxy) is 2. The Morgan fingerprint density at radius 2 is 1.96 bits per heavy atom. The molecule has 1 heterocycles. The van der Waals surface area contributed by atoms with Crippen LogP contribution < -0.4 is 15.7 Å². The Bertz CT molecular complexity index is 928. The largest absolute Gasteiger partial charge is 0.497 e. The summed E-state index contributed by atoms with van der Waals surface area (Å²) in [6, 6.07) is 5.25. The number of esters is 1. The van der Waals surface area contributed by atoms with E-state index >= 15 is 0 Å². The lowest BCUT2D eigenvalue weighted by molar-refractivity contribution is -0.149. The summed E-state index contributed by atoms with van der Waals surface area (Å²) in [5.74, 6) is -0.301. The number of rotatable bonds is 8. The van der Waals surface area contributed by atoms with Gasteiger partial charge >= 0.3 is 11.6 Å². The molecule has 1 amide bonds. The minimum Gasteiger partial charge on any atom is -0.497 e. The molecule has 2 rings (SSSR count). The van der Waals surface area contributed by atoms with Crippen LogP contribution in [0.3, 0.4) is 0 Å². The Labute approximate surface area is 164 Å². The van der Waals surface area contributed by atoms with E-state index in [0.29, 0.717) is 16.9 Å². The van der Waals surface area contributed by atoms with Gasteiger partial charge in [0.15, 0.2) is 6.61 Å². The number of nitrogens with one attached hydrogen (secondary N) is 1. The van der Waals surface area contributed by atoms with Gasteiger partial charge < -0.3 is 19.2 Å². The van der Waals surface area contributed by atoms with Crippen LogP contribution in [0.15, 0.2) is 27.4 Å². The Morgan fingerprint density at radius 1 is 1.25 bits per heavy atom. The average Bonchev–Trinajstić information content (AvgIpc) is 2.65. The number of carbonyl (C=O) groups excluding carboxylic acids is 2. The van der Waals surface area contributed by atoms with E-state index in [-0.39, 0.29) is 30.9 Å². The summed E-state index contributed by atoms with van der Waals surface area (Å²) in [5, 5.41) is 3.57.